The first-order valence-corrected chi connectivity index (χ1v) is 4.79. The highest BCUT2D eigenvalue weighted by atomic mass is 19.1. The molecule has 15 heavy (non-hydrogen) atoms. The van der Waals surface area contributed by atoms with Crippen LogP contribution in [0.2, 0.25) is 0 Å². The molecular formula is C13H12FN. The standard InChI is InChI=1S/C13H12FN/c1-9-2-3-11(8-13(9)14)10-4-6-12(15)7-5-10/h2-8H,15H2,1H3. The molecule has 2 aromatic rings. The monoisotopic (exact) mass is 201 g/mol. The number of nitrogens with two attached hydrogens (primary N) is 1. The zero-order valence-electron chi connectivity index (χ0n) is 8.50. The fraction of sp³-hybridized carbons (Fsp3) is 0.0769. The molecule has 2 aromatic carbocycles. The molecule has 0 aliphatic rings. The highest BCUT2D eigenvalue weighted by Crippen LogP contribution is 2.22. The molecule has 0 unspecified atom stereocenters. The number of hydrogen-bond donors (Lipinski definition) is 1. The molecule has 0 bridgehead atoms. The Morgan fingerprint density at radius 1 is 0.933 bits per heavy atom. The van der Waals surface area contributed by atoms with Gasteiger partial charge in [-0.05, 0) is 41.8 Å². The zero-order valence-corrected chi connectivity index (χ0v) is 8.50. The quantitative estimate of drug-likeness (QED) is 0.703. The Labute approximate surface area is 88.4 Å². The van der Waals surface area contributed by atoms with Gasteiger partial charge < -0.3 is 5.73 Å². The summed E-state index contributed by atoms with van der Waals surface area (Å²) in [7, 11) is 0. The lowest BCUT2D eigenvalue weighted by Crippen LogP contribution is -1.86. The van der Waals surface area contributed by atoms with Gasteiger partial charge >= 0.3 is 0 Å². The van der Waals surface area contributed by atoms with Gasteiger partial charge in [-0.25, -0.2) is 4.39 Å². The number of rotatable bonds is 1. The highest BCUT2D eigenvalue weighted by molar-refractivity contribution is 5.65. The first-order valence-electron chi connectivity index (χ1n) is 4.79. The van der Waals surface area contributed by atoms with Crippen molar-refractivity contribution in [2.75, 3.05) is 5.73 Å². The lowest BCUT2D eigenvalue weighted by Gasteiger charge is -2.03. The van der Waals surface area contributed by atoms with Gasteiger partial charge in [0.1, 0.15) is 5.82 Å². The van der Waals surface area contributed by atoms with E-state index in [1.54, 1.807) is 19.1 Å². The zero-order chi connectivity index (χ0) is 10.8. The third-order valence-corrected chi connectivity index (χ3v) is 2.42. The molecule has 0 heterocycles. The van der Waals surface area contributed by atoms with Gasteiger partial charge in [0, 0.05) is 5.69 Å². The SMILES string of the molecule is Cc1ccc(-c2ccc(N)cc2)cc1F. The summed E-state index contributed by atoms with van der Waals surface area (Å²) in [4.78, 5) is 0. The molecule has 0 amide bonds. The van der Waals surface area contributed by atoms with Gasteiger partial charge in [-0.1, -0.05) is 24.3 Å². The van der Waals surface area contributed by atoms with Crippen molar-refractivity contribution in [1.82, 2.24) is 0 Å². The molecule has 0 spiro atoms. The molecule has 2 heteroatoms. The van der Waals surface area contributed by atoms with Crippen LogP contribution in [-0.2, 0) is 0 Å². The van der Waals surface area contributed by atoms with Crippen LogP contribution in [0, 0.1) is 12.7 Å². The number of benzene rings is 2. The normalized spacial score (nSPS) is 10.3. The van der Waals surface area contributed by atoms with Crippen molar-refractivity contribution < 1.29 is 4.39 Å². The lowest BCUT2D eigenvalue weighted by atomic mass is 10.0. The minimum absolute atomic E-state index is 0.177. The van der Waals surface area contributed by atoms with Crippen LogP contribution in [0.1, 0.15) is 5.56 Å². The van der Waals surface area contributed by atoms with E-state index in [1.165, 1.54) is 0 Å². The molecule has 0 aliphatic heterocycles. The van der Waals surface area contributed by atoms with E-state index < -0.39 is 0 Å². The second-order valence-corrected chi connectivity index (χ2v) is 3.59. The van der Waals surface area contributed by atoms with Crippen LogP contribution in [0.15, 0.2) is 42.5 Å². The molecular weight excluding hydrogens is 189 g/mol. The Bertz CT molecular complexity index is 474. The van der Waals surface area contributed by atoms with Crippen LogP contribution in [0.5, 0.6) is 0 Å². The summed E-state index contributed by atoms with van der Waals surface area (Å²) in [5, 5.41) is 0. The van der Waals surface area contributed by atoms with E-state index >= 15 is 0 Å². The number of aryl methyl sites for hydroxylation is 1. The topological polar surface area (TPSA) is 26.0 Å². The van der Waals surface area contributed by atoms with Crippen LogP contribution < -0.4 is 5.73 Å². The molecule has 0 aliphatic carbocycles. The maximum atomic E-state index is 13.3. The van der Waals surface area contributed by atoms with Crippen molar-refractivity contribution in [1.29, 1.82) is 0 Å². The van der Waals surface area contributed by atoms with Crippen LogP contribution in [0.3, 0.4) is 0 Å². The van der Waals surface area contributed by atoms with Gasteiger partial charge in [0.15, 0.2) is 0 Å². The van der Waals surface area contributed by atoms with E-state index in [0.29, 0.717) is 11.3 Å². The minimum atomic E-state index is -0.177. The first kappa shape index (κ1) is 9.71. The largest absolute Gasteiger partial charge is 0.399 e. The fourth-order valence-electron chi connectivity index (χ4n) is 1.45. The molecule has 0 aromatic heterocycles. The predicted molar refractivity (Wildman–Crippen MR) is 61.0 cm³/mol. The van der Waals surface area contributed by atoms with Crippen molar-refractivity contribution in [3.8, 4) is 11.1 Å². The summed E-state index contributed by atoms with van der Waals surface area (Å²) in [6, 6.07) is 12.6. The van der Waals surface area contributed by atoms with Gasteiger partial charge in [-0.15, -0.1) is 0 Å². The summed E-state index contributed by atoms with van der Waals surface area (Å²) in [5.74, 6) is -0.177. The van der Waals surface area contributed by atoms with Crippen LogP contribution in [-0.4, -0.2) is 0 Å². The molecule has 0 saturated carbocycles. The Morgan fingerprint density at radius 3 is 2.13 bits per heavy atom. The van der Waals surface area contributed by atoms with Crippen molar-refractivity contribution in [2.45, 2.75) is 6.92 Å². The van der Waals surface area contributed by atoms with Gasteiger partial charge in [-0.2, -0.15) is 0 Å². The Kier molecular flexibility index (Phi) is 2.42. The van der Waals surface area contributed by atoms with Crippen molar-refractivity contribution in [3.63, 3.8) is 0 Å². The molecule has 0 radical (unpaired) electrons. The number of halogens is 1. The average Bonchev–Trinajstić information content (AvgIpc) is 2.23. The number of nitrogen functional groups attached to an aromatic ring is 1. The summed E-state index contributed by atoms with van der Waals surface area (Å²) < 4.78 is 13.3. The fourth-order valence-corrected chi connectivity index (χ4v) is 1.45. The van der Waals surface area contributed by atoms with E-state index in [4.69, 9.17) is 5.73 Å². The van der Waals surface area contributed by atoms with Gasteiger partial charge in [0.25, 0.3) is 0 Å². The maximum absolute atomic E-state index is 13.3. The second kappa shape index (κ2) is 3.73. The van der Waals surface area contributed by atoms with E-state index in [-0.39, 0.29) is 5.82 Å². The molecule has 0 saturated heterocycles. The van der Waals surface area contributed by atoms with E-state index in [1.807, 2.05) is 30.3 Å². The van der Waals surface area contributed by atoms with Crippen molar-refractivity contribution in [2.24, 2.45) is 0 Å². The van der Waals surface area contributed by atoms with Gasteiger partial charge in [0.2, 0.25) is 0 Å². The summed E-state index contributed by atoms with van der Waals surface area (Å²) >= 11 is 0. The average molecular weight is 201 g/mol. The Morgan fingerprint density at radius 2 is 1.53 bits per heavy atom. The van der Waals surface area contributed by atoms with E-state index in [0.717, 1.165) is 11.1 Å². The number of anilines is 1. The summed E-state index contributed by atoms with van der Waals surface area (Å²) in [5.41, 5.74) is 8.81. The van der Waals surface area contributed by atoms with E-state index in [9.17, 15) is 4.39 Å². The Hall–Kier alpha value is -1.83. The molecule has 2 N–H and O–H groups in total. The number of hydrogen-bond acceptors (Lipinski definition) is 1. The maximum Gasteiger partial charge on any atom is 0.126 e. The third kappa shape index (κ3) is 1.99. The van der Waals surface area contributed by atoms with Crippen LogP contribution >= 0.6 is 0 Å². The smallest absolute Gasteiger partial charge is 0.126 e. The van der Waals surface area contributed by atoms with Crippen LogP contribution in [0.4, 0.5) is 10.1 Å². The Balaban J connectivity index is 2.45. The highest BCUT2D eigenvalue weighted by Gasteiger charge is 2.01. The summed E-state index contributed by atoms with van der Waals surface area (Å²) in [6.45, 7) is 1.75. The van der Waals surface area contributed by atoms with Gasteiger partial charge in [0.05, 0.1) is 0 Å². The minimum Gasteiger partial charge on any atom is -0.399 e. The molecule has 1 nitrogen and oxygen atoms in total. The molecule has 76 valence electrons. The van der Waals surface area contributed by atoms with Gasteiger partial charge in [-0.3, -0.25) is 0 Å². The lowest BCUT2D eigenvalue weighted by molar-refractivity contribution is 0.619. The van der Waals surface area contributed by atoms with E-state index in [2.05, 4.69) is 0 Å². The first-order chi connectivity index (χ1) is 7.16. The summed E-state index contributed by atoms with van der Waals surface area (Å²) in [6.07, 6.45) is 0. The van der Waals surface area contributed by atoms with Crippen LogP contribution in [0.25, 0.3) is 11.1 Å². The van der Waals surface area contributed by atoms with Crippen molar-refractivity contribution >= 4 is 5.69 Å². The molecule has 2 rings (SSSR count). The molecule has 0 atom stereocenters. The second-order valence-electron chi connectivity index (χ2n) is 3.59. The van der Waals surface area contributed by atoms with Crippen molar-refractivity contribution in [3.05, 3.63) is 53.8 Å². The third-order valence-electron chi connectivity index (χ3n) is 2.42. The molecule has 0 fully saturated rings. The predicted octanol–water partition coefficient (Wildman–Crippen LogP) is 3.38.